The molecular weight excluding hydrogens is 452 g/mol. The van der Waals surface area contributed by atoms with E-state index in [1.165, 1.54) is 24.1 Å². The maximum atomic E-state index is 13.4. The van der Waals surface area contributed by atoms with Crippen LogP contribution in [0.3, 0.4) is 0 Å². The van der Waals surface area contributed by atoms with Crippen LogP contribution in [0.2, 0.25) is 0 Å². The molecule has 0 aliphatic carbocycles. The number of nitrogens with zero attached hydrogens (tertiary/aromatic N) is 2. The number of rotatable bonds is 8. The third-order valence-corrected chi connectivity index (χ3v) is 7.06. The van der Waals surface area contributed by atoms with Gasteiger partial charge in [0.1, 0.15) is 11.6 Å². The first-order valence-electron chi connectivity index (χ1n) is 12.9. The van der Waals surface area contributed by atoms with Crippen LogP contribution in [0.1, 0.15) is 73.1 Å². The molecule has 7 nitrogen and oxygen atoms in total. The number of ether oxygens (including phenoxy) is 1. The van der Waals surface area contributed by atoms with Crippen LogP contribution in [0.4, 0.5) is 5.69 Å². The van der Waals surface area contributed by atoms with Gasteiger partial charge in [-0.15, -0.1) is 0 Å². The van der Waals surface area contributed by atoms with E-state index in [1.54, 1.807) is 11.9 Å². The van der Waals surface area contributed by atoms with E-state index in [1.807, 2.05) is 25.1 Å². The third-order valence-electron chi connectivity index (χ3n) is 7.06. The summed E-state index contributed by atoms with van der Waals surface area (Å²) in [5.41, 5.74) is 5.46. The second kappa shape index (κ2) is 10.3. The molecule has 7 heteroatoms. The minimum absolute atomic E-state index is 0.00152. The van der Waals surface area contributed by atoms with Gasteiger partial charge in [0.2, 0.25) is 5.91 Å². The lowest BCUT2D eigenvalue weighted by atomic mass is 9.84. The Morgan fingerprint density at radius 3 is 2.47 bits per heavy atom. The van der Waals surface area contributed by atoms with Gasteiger partial charge in [-0.1, -0.05) is 20.8 Å². The van der Waals surface area contributed by atoms with Crippen molar-refractivity contribution in [2.24, 2.45) is 0 Å². The number of ketones is 1. The Bertz CT molecular complexity index is 1180. The van der Waals surface area contributed by atoms with Gasteiger partial charge in [-0.2, -0.15) is 0 Å². The number of likely N-dealkylation sites (N-methyl/N-ethyl adjacent to an activating group) is 1. The highest BCUT2D eigenvalue weighted by molar-refractivity contribution is 6.05. The molecule has 2 aliphatic heterocycles. The van der Waals surface area contributed by atoms with Gasteiger partial charge in [0.15, 0.2) is 5.78 Å². The fourth-order valence-electron chi connectivity index (χ4n) is 5.11. The molecule has 1 saturated heterocycles. The first kappa shape index (κ1) is 25.7. The minimum atomic E-state index is -0.112. The number of benzene rings is 2. The Balaban J connectivity index is 1.56. The van der Waals surface area contributed by atoms with E-state index in [-0.39, 0.29) is 30.1 Å². The lowest BCUT2D eigenvalue weighted by molar-refractivity contribution is -0.119. The zero-order valence-corrected chi connectivity index (χ0v) is 22.2. The van der Waals surface area contributed by atoms with Gasteiger partial charge in [0.25, 0.3) is 0 Å². The smallest absolute Gasteiger partial charge is 0.224 e. The molecule has 2 aromatic rings. The maximum absolute atomic E-state index is 13.4. The monoisotopic (exact) mass is 490 g/mol. The molecule has 0 saturated carbocycles. The fourth-order valence-corrected chi connectivity index (χ4v) is 5.11. The van der Waals surface area contributed by atoms with E-state index < -0.39 is 0 Å². The second-order valence-corrected chi connectivity index (χ2v) is 10.7. The van der Waals surface area contributed by atoms with Crippen LogP contribution in [0.5, 0.6) is 5.75 Å². The van der Waals surface area contributed by atoms with Crippen LogP contribution in [0.25, 0.3) is 0 Å². The molecule has 1 amide bonds. The molecule has 192 valence electrons. The highest BCUT2D eigenvalue weighted by Crippen LogP contribution is 2.35. The van der Waals surface area contributed by atoms with Crippen molar-refractivity contribution < 1.29 is 14.3 Å². The van der Waals surface area contributed by atoms with Gasteiger partial charge in [-0.3, -0.25) is 15.0 Å². The number of hydrogen-bond donors (Lipinski definition) is 2. The molecule has 0 unspecified atom stereocenters. The van der Waals surface area contributed by atoms with Crippen molar-refractivity contribution in [2.75, 3.05) is 38.2 Å². The van der Waals surface area contributed by atoms with Crippen molar-refractivity contribution in [3.63, 3.8) is 0 Å². The topological polar surface area (TPSA) is 85.7 Å². The summed E-state index contributed by atoms with van der Waals surface area (Å²) in [6.07, 6.45) is 2.60. The van der Waals surface area contributed by atoms with Crippen molar-refractivity contribution in [3.05, 3.63) is 58.1 Å². The van der Waals surface area contributed by atoms with E-state index in [9.17, 15) is 9.59 Å². The summed E-state index contributed by atoms with van der Waals surface area (Å²) in [5, 5.41) is 11.4. The standard InChI is InChI=1S/C29H38N4O3/c1-6-36-26-15-21-17-33(28(30)22(21)13-20(26)16-27(35)31-5)18-25(34)19-9-10-24(32-11-7-8-12-32)23(14-19)29(2,3)4/h9-10,13-15,30H,6-8,11-12,16-18H2,1-5H3,(H,31,35). The van der Waals surface area contributed by atoms with Crippen molar-refractivity contribution in [1.82, 2.24) is 10.2 Å². The number of carbonyl (C=O) groups is 2. The van der Waals surface area contributed by atoms with Crippen LogP contribution in [-0.2, 0) is 23.2 Å². The normalized spacial score (nSPS) is 15.3. The number of carbonyl (C=O) groups excluding carboxylic acids is 2. The van der Waals surface area contributed by atoms with Gasteiger partial charge in [0, 0.05) is 49.1 Å². The third kappa shape index (κ3) is 5.25. The Kier molecular flexibility index (Phi) is 7.38. The Morgan fingerprint density at radius 1 is 1.11 bits per heavy atom. The molecule has 4 rings (SSSR count). The van der Waals surface area contributed by atoms with E-state index >= 15 is 0 Å². The molecular formula is C29H38N4O3. The summed E-state index contributed by atoms with van der Waals surface area (Å²) >= 11 is 0. The zero-order chi connectivity index (χ0) is 26.0. The first-order valence-corrected chi connectivity index (χ1v) is 12.9. The summed E-state index contributed by atoms with van der Waals surface area (Å²) in [6.45, 7) is 11.7. The van der Waals surface area contributed by atoms with Crippen LogP contribution < -0.4 is 15.0 Å². The summed E-state index contributed by atoms with van der Waals surface area (Å²) in [6, 6.07) is 9.87. The van der Waals surface area contributed by atoms with Gasteiger partial charge in [-0.25, -0.2) is 0 Å². The summed E-state index contributed by atoms with van der Waals surface area (Å²) < 4.78 is 5.79. The molecule has 0 bridgehead atoms. The van der Waals surface area contributed by atoms with E-state index in [0.29, 0.717) is 30.3 Å². The van der Waals surface area contributed by atoms with Crippen molar-refractivity contribution in [1.29, 1.82) is 5.41 Å². The lowest BCUT2D eigenvalue weighted by Gasteiger charge is -2.29. The number of hydrogen-bond acceptors (Lipinski definition) is 5. The predicted molar refractivity (Wildman–Crippen MR) is 144 cm³/mol. The molecule has 2 heterocycles. The molecule has 0 radical (unpaired) electrons. The molecule has 2 aromatic carbocycles. The summed E-state index contributed by atoms with van der Waals surface area (Å²) in [5.74, 6) is 0.860. The zero-order valence-electron chi connectivity index (χ0n) is 22.2. The predicted octanol–water partition coefficient (Wildman–Crippen LogP) is 4.30. The number of anilines is 1. The van der Waals surface area contributed by atoms with Gasteiger partial charge in [0.05, 0.1) is 19.6 Å². The average Bonchev–Trinajstić information content (AvgIpc) is 3.47. The van der Waals surface area contributed by atoms with E-state index in [4.69, 9.17) is 10.1 Å². The van der Waals surface area contributed by atoms with Crippen molar-refractivity contribution in [3.8, 4) is 5.75 Å². The van der Waals surface area contributed by atoms with E-state index in [2.05, 4.69) is 43.1 Å². The van der Waals surface area contributed by atoms with Gasteiger partial charge >= 0.3 is 0 Å². The quantitative estimate of drug-likeness (QED) is 0.539. The second-order valence-electron chi connectivity index (χ2n) is 10.7. The van der Waals surface area contributed by atoms with Crippen LogP contribution in [0.15, 0.2) is 30.3 Å². The van der Waals surface area contributed by atoms with Crippen molar-refractivity contribution >= 4 is 23.2 Å². The number of nitrogens with one attached hydrogen (secondary N) is 2. The molecule has 1 fully saturated rings. The molecule has 36 heavy (non-hydrogen) atoms. The van der Waals surface area contributed by atoms with Crippen molar-refractivity contribution in [2.45, 2.75) is 58.9 Å². The molecule has 0 spiro atoms. The average molecular weight is 491 g/mol. The molecule has 2 aliphatic rings. The lowest BCUT2D eigenvalue weighted by Crippen LogP contribution is -2.30. The van der Waals surface area contributed by atoms with Crippen LogP contribution >= 0.6 is 0 Å². The Hall–Kier alpha value is -3.35. The first-order chi connectivity index (χ1) is 17.1. The highest BCUT2D eigenvalue weighted by Gasteiger charge is 2.29. The highest BCUT2D eigenvalue weighted by atomic mass is 16.5. The fraction of sp³-hybridized carbons (Fsp3) is 0.483. The van der Waals surface area contributed by atoms with Gasteiger partial charge in [-0.05, 0) is 66.6 Å². The SMILES string of the molecule is CCOc1cc2c(cc1CC(=O)NC)C(=N)N(CC(=O)c1ccc(N3CCCC3)c(C(C)(C)C)c1)C2. The Morgan fingerprint density at radius 2 is 1.83 bits per heavy atom. The number of amidine groups is 1. The summed E-state index contributed by atoms with van der Waals surface area (Å²) in [4.78, 5) is 29.6. The van der Waals surface area contributed by atoms with Crippen LogP contribution in [0, 0.1) is 5.41 Å². The van der Waals surface area contributed by atoms with Crippen LogP contribution in [-0.4, -0.2) is 55.7 Å². The largest absolute Gasteiger partial charge is 0.494 e. The minimum Gasteiger partial charge on any atom is -0.494 e. The van der Waals surface area contributed by atoms with Gasteiger partial charge < -0.3 is 19.9 Å². The Labute approximate surface area is 214 Å². The number of Topliss-reactive ketones (excluding diaryl/α,β-unsaturated/α-hetero) is 1. The van der Waals surface area contributed by atoms with E-state index in [0.717, 1.165) is 29.8 Å². The number of amides is 1. The maximum Gasteiger partial charge on any atom is 0.224 e. The number of fused-ring (bicyclic) bond motifs is 1. The molecule has 2 N–H and O–H groups in total. The molecule has 0 atom stereocenters. The summed E-state index contributed by atoms with van der Waals surface area (Å²) in [7, 11) is 1.61. The molecule has 0 aromatic heterocycles.